The maximum absolute atomic E-state index is 13.4. The lowest BCUT2D eigenvalue weighted by Gasteiger charge is -2.47. The molecule has 0 radical (unpaired) electrons. The van der Waals surface area contributed by atoms with Crippen LogP contribution in [0.2, 0.25) is 0 Å². The van der Waals surface area contributed by atoms with Crippen LogP contribution in [-0.4, -0.2) is 41.1 Å². The Balaban J connectivity index is 1.46. The number of carbonyl (C=O) groups excluding carboxylic acids is 1. The van der Waals surface area contributed by atoms with Gasteiger partial charge in [0.15, 0.2) is 0 Å². The summed E-state index contributed by atoms with van der Waals surface area (Å²) in [5.74, 6) is -1.30. The van der Waals surface area contributed by atoms with Gasteiger partial charge in [0.25, 0.3) is 0 Å². The average molecular weight is 582 g/mol. The minimum absolute atomic E-state index is 0.128. The van der Waals surface area contributed by atoms with E-state index in [0.29, 0.717) is 27.9 Å². The van der Waals surface area contributed by atoms with Crippen LogP contribution in [0, 0.1) is 5.82 Å². The molecular weight excluding hydrogens is 556 g/mol. The number of amides is 1. The fourth-order valence-electron chi connectivity index (χ4n) is 4.76. The SMILES string of the molecule is O=C1C(S(=O)CC(O)c2ccc(F)cc2)C(c2ccc(-c3ccc(P(=O)(O)O)cc3)cc2O)N1c1ccccc1. The summed E-state index contributed by atoms with van der Waals surface area (Å²) in [6, 6.07) is 23.6. The average Bonchev–Trinajstić information content (AvgIpc) is 2.92. The molecule has 0 saturated carbocycles. The number of anilines is 1. The molecule has 8 nitrogen and oxygen atoms in total. The maximum Gasteiger partial charge on any atom is 0.356 e. The molecule has 1 amide bonds. The number of aliphatic hydroxyl groups excluding tert-OH is 1. The zero-order valence-electron chi connectivity index (χ0n) is 20.9. The van der Waals surface area contributed by atoms with Crippen molar-refractivity contribution in [3.05, 3.63) is 114 Å². The van der Waals surface area contributed by atoms with E-state index >= 15 is 0 Å². The van der Waals surface area contributed by atoms with Crippen LogP contribution >= 0.6 is 7.60 Å². The van der Waals surface area contributed by atoms with Gasteiger partial charge in [-0.25, -0.2) is 4.39 Å². The van der Waals surface area contributed by atoms with Crippen LogP contribution in [0.25, 0.3) is 11.1 Å². The number of phenolic OH excluding ortho intramolecular Hbond substituents is 1. The Bertz CT molecular complexity index is 1610. The zero-order valence-corrected chi connectivity index (χ0v) is 22.6. The lowest BCUT2D eigenvalue weighted by molar-refractivity contribution is -0.123. The summed E-state index contributed by atoms with van der Waals surface area (Å²) in [7, 11) is -6.25. The second-order valence-corrected chi connectivity index (χ2v) is 12.6. The van der Waals surface area contributed by atoms with E-state index in [-0.39, 0.29) is 16.8 Å². The molecule has 0 aromatic heterocycles. The Morgan fingerprint density at radius 2 is 1.52 bits per heavy atom. The molecule has 5 rings (SSSR count). The first-order valence-electron chi connectivity index (χ1n) is 12.2. The molecular formula is C29H25FNO7PS. The van der Waals surface area contributed by atoms with Crippen molar-refractivity contribution in [3.63, 3.8) is 0 Å². The van der Waals surface area contributed by atoms with Crippen molar-refractivity contribution < 1.29 is 38.0 Å². The molecule has 1 heterocycles. The number of hydrogen-bond acceptors (Lipinski definition) is 5. The van der Waals surface area contributed by atoms with E-state index in [4.69, 9.17) is 0 Å². The quantitative estimate of drug-likeness (QED) is 0.183. The monoisotopic (exact) mass is 581 g/mol. The van der Waals surface area contributed by atoms with Crippen LogP contribution in [0.4, 0.5) is 10.1 Å². The number of β-lactam (4-membered cyclic amide) rings is 1. The van der Waals surface area contributed by atoms with Crippen LogP contribution in [-0.2, 0) is 20.2 Å². The first-order chi connectivity index (χ1) is 19.0. The molecule has 0 aliphatic carbocycles. The lowest BCUT2D eigenvalue weighted by Crippen LogP contribution is -2.61. The molecule has 1 aliphatic rings. The van der Waals surface area contributed by atoms with Gasteiger partial charge in [0.2, 0.25) is 5.91 Å². The number of aromatic hydroxyl groups is 1. The van der Waals surface area contributed by atoms with Crippen molar-refractivity contribution in [3.8, 4) is 16.9 Å². The van der Waals surface area contributed by atoms with Gasteiger partial charge in [-0.05, 0) is 59.2 Å². The van der Waals surface area contributed by atoms with Crippen LogP contribution in [0.15, 0.2) is 97.1 Å². The molecule has 206 valence electrons. The van der Waals surface area contributed by atoms with Gasteiger partial charge < -0.3 is 24.9 Å². The van der Waals surface area contributed by atoms with E-state index in [1.807, 2.05) is 0 Å². The normalized spacial score (nSPS) is 18.7. The van der Waals surface area contributed by atoms with Gasteiger partial charge in [0.05, 0.1) is 23.2 Å². The van der Waals surface area contributed by atoms with Gasteiger partial charge in [0.1, 0.15) is 16.8 Å². The van der Waals surface area contributed by atoms with Gasteiger partial charge in [-0.3, -0.25) is 13.6 Å². The minimum Gasteiger partial charge on any atom is -0.508 e. The first kappa shape index (κ1) is 27.9. The van der Waals surface area contributed by atoms with E-state index in [1.54, 1.807) is 42.5 Å². The zero-order chi connectivity index (χ0) is 28.6. The topological polar surface area (TPSA) is 135 Å². The first-order valence-corrected chi connectivity index (χ1v) is 15.2. The van der Waals surface area contributed by atoms with E-state index in [0.717, 1.165) is 0 Å². The van der Waals surface area contributed by atoms with Crippen LogP contribution in [0.5, 0.6) is 5.75 Å². The summed E-state index contributed by atoms with van der Waals surface area (Å²) >= 11 is 0. The highest BCUT2D eigenvalue weighted by molar-refractivity contribution is 7.86. The molecule has 1 aliphatic heterocycles. The number of aliphatic hydroxyl groups is 1. The largest absolute Gasteiger partial charge is 0.508 e. The predicted molar refractivity (Wildman–Crippen MR) is 150 cm³/mol. The summed E-state index contributed by atoms with van der Waals surface area (Å²) in [5, 5.41) is 20.5. The number of hydrogen-bond donors (Lipinski definition) is 4. The van der Waals surface area contributed by atoms with Crippen molar-refractivity contribution in [2.45, 2.75) is 17.4 Å². The molecule has 4 aromatic carbocycles. The van der Waals surface area contributed by atoms with Gasteiger partial charge in [-0.2, -0.15) is 0 Å². The summed E-state index contributed by atoms with van der Waals surface area (Å²) in [6.45, 7) is 0. The van der Waals surface area contributed by atoms with Gasteiger partial charge in [0, 0.05) is 22.1 Å². The number of phenols is 1. The second-order valence-electron chi connectivity index (χ2n) is 9.39. The standard InChI is InChI=1S/C29H25FNO7PS/c30-21-11-6-19(7-12-21)26(33)17-40(38)28-27(31(29(28)34)22-4-2-1-3-5-22)24-15-10-20(16-25(24)32)18-8-13-23(14-9-18)39(35,36)37/h1-16,26-28,32-33H,17H2,(H2,35,36,37). The third kappa shape index (κ3) is 5.50. The fourth-order valence-corrected chi connectivity index (χ4v) is 6.90. The fraction of sp³-hybridized carbons (Fsp3) is 0.138. The van der Waals surface area contributed by atoms with E-state index in [1.165, 1.54) is 59.5 Å². The Morgan fingerprint density at radius 3 is 2.12 bits per heavy atom. The number of nitrogens with zero attached hydrogens (tertiary/aromatic N) is 1. The molecule has 4 aromatic rings. The second kappa shape index (κ2) is 11.1. The van der Waals surface area contributed by atoms with Crippen molar-refractivity contribution >= 4 is 35.3 Å². The van der Waals surface area contributed by atoms with E-state index in [9.17, 15) is 38.0 Å². The van der Waals surface area contributed by atoms with Gasteiger partial charge in [-0.15, -0.1) is 0 Å². The van der Waals surface area contributed by atoms with Crippen molar-refractivity contribution in [2.24, 2.45) is 0 Å². The highest BCUT2D eigenvalue weighted by Crippen LogP contribution is 2.46. The summed E-state index contributed by atoms with van der Waals surface area (Å²) in [5.41, 5.74) is 2.45. The molecule has 1 fully saturated rings. The van der Waals surface area contributed by atoms with Crippen molar-refractivity contribution in [2.75, 3.05) is 10.7 Å². The highest BCUT2D eigenvalue weighted by Gasteiger charge is 2.53. The number of benzene rings is 4. The third-order valence-corrected chi connectivity index (χ3v) is 9.47. The van der Waals surface area contributed by atoms with Crippen LogP contribution in [0.1, 0.15) is 23.3 Å². The minimum atomic E-state index is -4.40. The number of carbonyl (C=O) groups is 1. The molecule has 1 saturated heterocycles. The van der Waals surface area contributed by atoms with E-state index < -0.39 is 47.5 Å². The maximum atomic E-state index is 13.4. The predicted octanol–water partition coefficient (Wildman–Crippen LogP) is 3.94. The van der Waals surface area contributed by atoms with Crippen molar-refractivity contribution in [1.82, 2.24) is 0 Å². The third-order valence-electron chi connectivity index (χ3n) is 6.83. The Hall–Kier alpha value is -3.66. The van der Waals surface area contributed by atoms with Crippen molar-refractivity contribution in [1.29, 1.82) is 0 Å². The Labute approximate surface area is 232 Å². The summed E-state index contributed by atoms with van der Waals surface area (Å²) in [4.78, 5) is 33.5. The molecule has 0 spiro atoms. The Morgan fingerprint density at radius 1 is 0.900 bits per heavy atom. The van der Waals surface area contributed by atoms with E-state index in [2.05, 4.69) is 0 Å². The molecule has 0 bridgehead atoms. The molecule has 4 unspecified atom stereocenters. The molecule has 4 N–H and O–H groups in total. The number of para-hydroxylation sites is 1. The van der Waals surface area contributed by atoms with Gasteiger partial charge in [-0.1, -0.05) is 54.6 Å². The summed E-state index contributed by atoms with van der Waals surface area (Å²) in [6.07, 6.45) is -1.19. The summed E-state index contributed by atoms with van der Waals surface area (Å²) < 4.78 is 38.2. The Kier molecular flexibility index (Phi) is 7.72. The number of halogens is 1. The molecule has 40 heavy (non-hydrogen) atoms. The van der Waals surface area contributed by atoms with Crippen LogP contribution < -0.4 is 10.2 Å². The molecule has 4 atom stereocenters. The lowest BCUT2D eigenvalue weighted by atomic mass is 9.90. The highest BCUT2D eigenvalue weighted by atomic mass is 32.2. The number of rotatable bonds is 8. The molecule has 11 heteroatoms. The van der Waals surface area contributed by atoms with Crippen LogP contribution in [0.3, 0.4) is 0 Å². The van der Waals surface area contributed by atoms with Gasteiger partial charge >= 0.3 is 7.60 Å². The smallest absolute Gasteiger partial charge is 0.356 e.